The minimum atomic E-state index is 0.499. The molecule has 0 amide bonds. The Labute approximate surface area is 115 Å². The Morgan fingerprint density at radius 2 is 1.89 bits per heavy atom. The number of nitrogens with zero attached hydrogens (tertiary/aromatic N) is 2. The van der Waals surface area contributed by atoms with E-state index >= 15 is 0 Å². The first-order valence-electron chi connectivity index (χ1n) is 7.22. The number of aromatic nitrogens is 2. The van der Waals surface area contributed by atoms with Gasteiger partial charge in [-0.05, 0) is 38.0 Å². The number of rotatable bonds is 7. The summed E-state index contributed by atoms with van der Waals surface area (Å²) in [5, 5.41) is 3.49. The average Bonchev–Trinajstić information content (AvgIpc) is 3.20. The minimum absolute atomic E-state index is 0.499. The van der Waals surface area contributed by atoms with Crippen LogP contribution >= 0.6 is 0 Å². The molecule has 0 radical (unpaired) electrons. The number of nitrogens with one attached hydrogen (secondary N) is 2. The quantitative estimate of drug-likeness (QED) is 0.521. The van der Waals surface area contributed by atoms with Gasteiger partial charge in [-0.1, -0.05) is 13.8 Å². The maximum atomic E-state index is 5.54. The van der Waals surface area contributed by atoms with E-state index in [0.29, 0.717) is 5.41 Å². The zero-order valence-electron chi connectivity index (χ0n) is 12.2. The Balaban J connectivity index is 2.15. The number of aryl methyl sites for hydroxylation is 1. The second-order valence-electron chi connectivity index (χ2n) is 5.56. The van der Waals surface area contributed by atoms with Crippen molar-refractivity contribution in [2.24, 2.45) is 11.3 Å². The van der Waals surface area contributed by atoms with Crippen LogP contribution in [0.1, 0.15) is 50.9 Å². The Bertz CT molecular complexity index is 440. The van der Waals surface area contributed by atoms with Gasteiger partial charge in [-0.25, -0.2) is 15.8 Å². The number of hydrazine groups is 1. The molecule has 1 heterocycles. The first-order chi connectivity index (χ1) is 9.14. The third kappa shape index (κ3) is 3.15. The monoisotopic (exact) mass is 263 g/mol. The van der Waals surface area contributed by atoms with Gasteiger partial charge in [0.25, 0.3) is 0 Å². The van der Waals surface area contributed by atoms with Crippen molar-refractivity contribution < 1.29 is 0 Å². The fourth-order valence-electron chi connectivity index (χ4n) is 2.31. The van der Waals surface area contributed by atoms with Gasteiger partial charge in [-0.2, -0.15) is 0 Å². The predicted octanol–water partition coefficient (Wildman–Crippen LogP) is 2.63. The van der Waals surface area contributed by atoms with Crippen molar-refractivity contribution >= 4 is 11.6 Å². The summed E-state index contributed by atoms with van der Waals surface area (Å²) in [6.45, 7) is 7.38. The van der Waals surface area contributed by atoms with Crippen LogP contribution in [-0.2, 0) is 6.42 Å². The van der Waals surface area contributed by atoms with E-state index in [1.165, 1.54) is 19.3 Å². The Kier molecular flexibility index (Phi) is 4.24. The van der Waals surface area contributed by atoms with Crippen molar-refractivity contribution in [1.82, 2.24) is 9.97 Å². The van der Waals surface area contributed by atoms with Gasteiger partial charge in [0.15, 0.2) is 0 Å². The largest absolute Gasteiger partial charge is 0.369 e. The molecule has 1 aromatic rings. The van der Waals surface area contributed by atoms with Crippen molar-refractivity contribution in [3.05, 3.63) is 11.4 Å². The molecule has 0 spiro atoms. The zero-order chi connectivity index (χ0) is 13.9. The normalized spacial score (nSPS) is 16.2. The van der Waals surface area contributed by atoms with Crippen LogP contribution < -0.4 is 16.6 Å². The standard InChI is InChI=1S/C14H25N5/c1-4-6-11-17-12(10(3)13(18-11)19-15)16-9-14(5-2)7-8-14/h4-9,15H2,1-3H3,(H2,16,17,18,19). The zero-order valence-corrected chi connectivity index (χ0v) is 12.2. The van der Waals surface area contributed by atoms with E-state index in [4.69, 9.17) is 5.84 Å². The summed E-state index contributed by atoms with van der Waals surface area (Å²) in [7, 11) is 0. The summed E-state index contributed by atoms with van der Waals surface area (Å²) in [4.78, 5) is 9.05. The molecule has 1 aliphatic carbocycles. The molecular weight excluding hydrogens is 238 g/mol. The second-order valence-corrected chi connectivity index (χ2v) is 5.56. The molecule has 0 atom stereocenters. The molecule has 4 N–H and O–H groups in total. The lowest BCUT2D eigenvalue weighted by Gasteiger charge is -2.17. The van der Waals surface area contributed by atoms with Gasteiger partial charge < -0.3 is 10.7 Å². The van der Waals surface area contributed by atoms with E-state index < -0.39 is 0 Å². The summed E-state index contributed by atoms with van der Waals surface area (Å²) in [5.41, 5.74) is 4.16. The molecule has 106 valence electrons. The summed E-state index contributed by atoms with van der Waals surface area (Å²) in [6, 6.07) is 0. The van der Waals surface area contributed by atoms with E-state index in [0.717, 1.165) is 42.4 Å². The van der Waals surface area contributed by atoms with Crippen LogP contribution in [0.15, 0.2) is 0 Å². The molecular formula is C14H25N5. The summed E-state index contributed by atoms with van der Waals surface area (Å²) >= 11 is 0. The number of hydrogen-bond donors (Lipinski definition) is 3. The lowest BCUT2D eigenvalue weighted by atomic mass is 10.0. The van der Waals surface area contributed by atoms with E-state index in [1.54, 1.807) is 0 Å². The first kappa shape index (κ1) is 14.1. The van der Waals surface area contributed by atoms with Crippen molar-refractivity contribution in [2.45, 2.75) is 52.9 Å². The minimum Gasteiger partial charge on any atom is -0.369 e. The van der Waals surface area contributed by atoms with Gasteiger partial charge in [0.1, 0.15) is 17.5 Å². The van der Waals surface area contributed by atoms with Gasteiger partial charge in [0, 0.05) is 18.5 Å². The van der Waals surface area contributed by atoms with Gasteiger partial charge in [0.2, 0.25) is 0 Å². The smallest absolute Gasteiger partial charge is 0.148 e. The molecule has 2 rings (SSSR count). The van der Waals surface area contributed by atoms with Crippen LogP contribution in [0.5, 0.6) is 0 Å². The molecule has 1 saturated carbocycles. The van der Waals surface area contributed by atoms with E-state index in [-0.39, 0.29) is 0 Å². The summed E-state index contributed by atoms with van der Waals surface area (Å²) < 4.78 is 0. The fraction of sp³-hybridized carbons (Fsp3) is 0.714. The Morgan fingerprint density at radius 1 is 1.21 bits per heavy atom. The summed E-state index contributed by atoms with van der Waals surface area (Å²) in [5.74, 6) is 8.04. The fourth-order valence-corrected chi connectivity index (χ4v) is 2.31. The number of nitrogen functional groups attached to an aromatic ring is 1. The predicted molar refractivity (Wildman–Crippen MR) is 79.0 cm³/mol. The molecule has 0 aromatic carbocycles. The molecule has 1 fully saturated rings. The maximum absolute atomic E-state index is 5.54. The number of nitrogens with two attached hydrogens (primary N) is 1. The van der Waals surface area contributed by atoms with Crippen LogP contribution in [0.3, 0.4) is 0 Å². The maximum Gasteiger partial charge on any atom is 0.148 e. The van der Waals surface area contributed by atoms with Gasteiger partial charge in [-0.3, -0.25) is 0 Å². The van der Waals surface area contributed by atoms with Crippen LogP contribution in [0.25, 0.3) is 0 Å². The molecule has 19 heavy (non-hydrogen) atoms. The molecule has 1 aromatic heterocycles. The van der Waals surface area contributed by atoms with Crippen molar-refractivity contribution in [3.63, 3.8) is 0 Å². The molecule has 0 unspecified atom stereocenters. The molecule has 0 aliphatic heterocycles. The van der Waals surface area contributed by atoms with Crippen LogP contribution in [-0.4, -0.2) is 16.5 Å². The Morgan fingerprint density at radius 3 is 2.42 bits per heavy atom. The van der Waals surface area contributed by atoms with Gasteiger partial charge in [-0.15, -0.1) is 0 Å². The molecule has 5 nitrogen and oxygen atoms in total. The lowest BCUT2D eigenvalue weighted by molar-refractivity contribution is 0.520. The van der Waals surface area contributed by atoms with Crippen molar-refractivity contribution in [1.29, 1.82) is 0 Å². The van der Waals surface area contributed by atoms with Crippen LogP contribution in [0.2, 0.25) is 0 Å². The average molecular weight is 263 g/mol. The first-order valence-corrected chi connectivity index (χ1v) is 7.22. The molecule has 0 saturated heterocycles. The van der Waals surface area contributed by atoms with E-state index in [9.17, 15) is 0 Å². The highest BCUT2D eigenvalue weighted by molar-refractivity contribution is 5.56. The molecule has 1 aliphatic rings. The van der Waals surface area contributed by atoms with Crippen molar-refractivity contribution in [3.8, 4) is 0 Å². The second kappa shape index (κ2) is 5.74. The highest BCUT2D eigenvalue weighted by Crippen LogP contribution is 2.48. The van der Waals surface area contributed by atoms with Crippen molar-refractivity contribution in [2.75, 3.05) is 17.3 Å². The van der Waals surface area contributed by atoms with Crippen LogP contribution in [0, 0.1) is 12.3 Å². The van der Waals surface area contributed by atoms with E-state index in [2.05, 4.69) is 34.6 Å². The van der Waals surface area contributed by atoms with E-state index in [1.807, 2.05) is 6.92 Å². The Hall–Kier alpha value is -1.36. The lowest BCUT2D eigenvalue weighted by Crippen LogP contribution is -2.19. The molecule has 0 bridgehead atoms. The number of hydrogen-bond acceptors (Lipinski definition) is 5. The van der Waals surface area contributed by atoms with Gasteiger partial charge >= 0.3 is 0 Å². The summed E-state index contributed by atoms with van der Waals surface area (Å²) in [6.07, 6.45) is 5.79. The third-order valence-corrected chi connectivity index (χ3v) is 4.14. The number of anilines is 2. The highest BCUT2D eigenvalue weighted by atomic mass is 15.3. The van der Waals surface area contributed by atoms with Gasteiger partial charge in [0.05, 0.1) is 0 Å². The topological polar surface area (TPSA) is 75.9 Å². The third-order valence-electron chi connectivity index (χ3n) is 4.14. The SMILES string of the molecule is CCCc1nc(NN)c(C)c(NCC2(CC)CC2)n1. The molecule has 5 heteroatoms. The van der Waals surface area contributed by atoms with Crippen LogP contribution in [0.4, 0.5) is 11.6 Å². The highest BCUT2D eigenvalue weighted by Gasteiger charge is 2.40.